The topological polar surface area (TPSA) is 78.9 Å². The molecular weight excluding hydrogens is 829 g/mol. The molecule has 1 unspecified atom stereocenters. The molecule has 0 aromatic rings. The van der Waals surface area contributed by atoms with E-state index in [9.17, 15) is 14.4 Å². The van der Waals surface area contributed by atoms with Crippen LogP contribution < -0.4 is 0 Å². The van der Waals surface area contributed by atoms with Crippen molar-refractivity contribution in [2.24, 2.45) is 0 Å². The van der Waals surface area contributed by atoms with Crippen LogP contribution in [0, 0.1) is 0 Å². The molecule has 0 aromatic heterocycles. The lowest BCUT2D eigenvalue weighted by atomic mass is 10.1. The van der Waals surface area contributed by atoms with Gasteiger partial charge < -0.3 is 14.2 Å². The molecule has 0 radical (unpaired) electrons. The molecule has 6 nitrogen and oxygen atoms in total. The van der Waals surface area contributed by atoms with Crippen molar-refractivity contribution in [2.45, 2.75) is 245 Å². The summed E-state index contributed by atoms with van der Waals surface area (Å²) in [6, 6.07) is 0. The Morgan fingerprint density at radius 1 is 0.313 bits per heavy atom. The van der Waals surface area contributed by atoms with Gasteiger partial charge in [0.1, 0.15) is 13.2 Å². The summed E-state index contributed by atoms with van der Waals surface area (Å²) in [4.78, 5) is 38.1. The Kier molecular flexibility index (Phi) is 51.5. The summed E-state index contributed by atoms with van der Waals surface area (Å²) in [6.07, 6.45) is 73.5. The summed E-state index contributed by atoms with van der Waals surface area (Å²) >= 11 is 0. The number of unbranched alkanes of at least 4 members (excludes halogenated alkanes) is 25. The molecule has 6 heteroatoms. The maximum absolute atomic E-state index is 12.8. The van der Waals surface area contributed by atoms with Gasteiger partial charge in [-0.2, -0.15) is 0 Å². The molecule has 0 N–H and O–H groups in total. The first-order chi connectivity index (χ1) is 33.0. The van der Waals surface area contributed by atoms with Crippen LogP contribution in [0.25, 0.3) is 0 Å². The molecule has 0 bridgehead atoms. The summed E-state index contributed by atoms with van der Waals surface area (Å²) in [6.45, 7) is 6.31. The lowest BCUT2D eigenvalue weighted by Crippen LogP contribution is -2.30. The molecule has 0 saturated heterocycles. The molecule has 0 rings (SSSR count). The summed E-state index contributed by atoms with van der Waals surface area (Å²) < 4.78 is 16.8. The second-order valence-electron chi connectivity index (χ2n) is 17.9. The fourth-order valence-corrected chi connectivity index (χ4v) is 7.33. The highest BCUT2D eigenvalue weighted by molar-refractivity contribution is 5.71. The predicted octanol–water partition coefficient (Wildman–Crippen LogP) is 18.3. The summed E-state index contributed by atoms with van der Waals surface area (Å²) in [5.74, 6) is -0.936. The minimum atomic E-state index is -0.799. The van der Waals surface area contributed by atoms with Crippen LogP contribution in [0.5, 0.6) is 0 Å². The summed E-state index contributed by atoms with van der Waals surface area (Å²) in [7, 11) is 0. The van der Waals surface area contributed by atoms with Gasteiger partial charge >= 0.3 is 17.9 Å². The van der Waals surface area contributed by atoms with E-state index in [2.05, 4.69) is 112 Å². The first-order valence-electron chi connectivity index (χ1n) is 27.5. The Morgan fingerprint density at radius 3 is 0.925 bits per heavy atom. The molecular formula is C61H100O6. The highest BCUT2D eigenvalue weighted by atomic mass is 16.6. The van der Waals surface area contributed by atoms with Gasteiger partial charge in [-0.25, -0.2) is 0 Å². The average molecular weight is 929 g/mol. The van der Waals surface area contributed by atoms with E-state index in [1.54, 1.807) is 0 Å². The van der Waals surface area contributed by atoms with Crippen LogP contribution in [0.3, 0.4) is 0 Å². The lowest BCUT2D eigenvalue weighted by Gasteiger charge is -2.18. The van der Waals surface area contributed by atoms with Crippen molar-refractivity contribution in [2.75, 3.05) is 13.2 Å². The first-order valence-corrected chi connectivity index (χ1v) is 27.5. The maximum atomic E-state index is 12.8. The van der Waals surface area contributed by atoms with E-state index in [0.717, 1.165) is 96.3 Å². The van der Waals surface area contributed by atoms with E-state index in [0.29, 0.717) is 19.3 Å². The second kappa shape index (κ2) is 54.7. The molecule has 0 aliphatic carbocycles. The minimum absolute atomic E-state index is 0.0952. The number of hydrogen-bond donors (Lipinski definition) is 0. The van der Waals surface area contributed by atoms with Crippen LogP contribution in [-0.4, -0.2) is 37.2 Å². The average Bonchev–Trinajstić information content (AvgIpc) is 3.33. The standard InChI is InChI=1S/C61H100O6/c1-4-7-10-13-16-19-22-25-28-29-30-31-34-36-39-42-45-48-51-54-60(63)66-57-58(67-61(64)55-52-49-46-43-40-37-33-27-24-21-18-15-12-9-6-3)56-65-59(62)53-50-47-44-41-38-35-32-26-23-20-17-14-11-8-5-2/h8-9,11-12,14-25,27,33,58H,4-7,10,13,26,28-32,34-57H2,1-3H3/b11-8-,12-9-,17-14-,18-15-,19-16-,23-20-,24-21-,25-22-,33-27-. The zero-order valence-electron chi connectivity index (χ0n) is 43.4. The Bertz CT molecular complexity index is 1390. The summed E-state index contributed by atoms with van der Waals surface area (Å²) in [5, 5.41) is 0. The van der Waals surface area contributed by atoms with Gasteiger partial charge in [0.2, 0.25) is 0 Å². The Morgan fingerprint density at radius 2 is 0.582 bits per heavy atom. The van der Waals surface area contributed by atoms with Crippen molar-refractivity contribution >= 4 is 17.9 Å². The largest absolute Gasteiger partial charge is 0.462 e. The molecule has 0 saturated carbocycles. The Balaban J connectivity index is 4.43. The van der Waals surface area contributed by atoms with Gasteiger partial charge in [0.25, 0.3) is 0 Å². The SMILES string of the molecule is CC\C=C/C=C\C=C/C=C\CCCCCCCC(=O)OC(COC(=O)CCCCCCCCC\C=C/C=C\C=C/CC)COC(=O)CCCCCCCCCCCC/C=C\C=C/CCCCC. The number of ether oxygens (including phenoxy) is 3. The van der Waals surface area contributed by atoms with E-state index < -0.39 is 6.10 Å². The Hall–Kier alpha value is -3.93. The number of hydrogen-bond acceptors (Lipinski definition) is 6. The number of carbonyl (C=O) groups excluding carboxylic acids is 3. The predicted molar refractivity (Wildman–Crippen MR) is 288 cm³/mol. The normalized spacial score (nSPS) is 12.9. The van der Waals surface area contributed by atoms with E-state index in [1.165, 1.54) is 103 Å². The van der Waals surface area contributed by atoms with Crippen molar-refractivity contribution in [1.82, 2.24) is 0 Å². The van der Waals surface area contributed by atoms with Crippen LogP contribution in [0.2, 0.25) is 0 Å². The van der Waals surface area contributed by atoms with Crippen LogP contribution >= 0.6 is 0 Å². The smallest absolute Gasteiger partial charge is 0.306 e. The fourth-order valence-electron chi connectivity index (χ4n) is 7.33. The van der Waals surface area contributed by atoms with Gasteiger partial charge in [0, 0.05) is 19.3 Å². The van der Waals surface area contributed by atoms with E-state index in [4.69, 9.17) is 14.2 Å². The van der Waals surface area contributed by atoms with Crippen molar-refractivity contribution < 1.29 is 28.6 Å². The summed E-state index contributed by atoms with van der Waals surface area (Å²) in [5.41, 5.74) is 0. The molecule has 0 aliphatic rings. The van der Waals surface area contributed by atoms with Gasteiger partial charge in [-0.05, 0) is 83.5 Å². The van der Waals surface area contributed by atoms with E-state index in [-0.39, 0.29) is 31.1 Å². The highest BCUT2D eigenvalue weighted by Crippen LogP contribution is 2.15. The third-order valence-corrected chi connectivity index (χ3v) is 11.4. The van der Waals surface area contributed by atoms with Crippen molar-refractivity contribution in [3.63, 3.8) is 0 Å². The molecule has 67 heavy (non-hydrogen) atoms. The molecule has 0 fully saturated rings. The number of allylic oxidation sites excluding steroid dienone is 18. The Labute approximate surface area is 412 Å². The van der Waals surface area contributed by atoms with Crippen LogP contribution in [-0.2, 0) is 28.6 Å². The van der Waals surface area contributed by atoms with Crippen LogP contribution in [0.1, 0.15) is 239 Å². The van der Waals surface area contributed by atoms with Gasteiger partial charge in [0.05, 0.1) is 0 Å². The molecule has 0 aromatic carbocycles. The monoisotopic (exact) mass is 929 g/mol. The second-order valence-corrected chi connectivity index (χ2v) is 17.9. The molecule has 1 atom stereocenters. The molecule has 0 heterocycles. The van der Waals surface area contributed by atoms with Gasteiger partial charge in [-0.3, -0.25) is 14.4 Å². The van der Waals surface area contributed by atoms with Crippen molar-refractivity contribution in [3.8, 4) is 0 Å². The third kappa shape index (κ3) is 52.9. The maximum Gasteiger partial charge on any atom is 0.306 e. The zero-order valence-corrected chi connectivity index (χ0v) is 43.4. The van der Waals surface area contributed by atoms with Gasteiger partial charge in [-0.1, -0.05) is 246 Å². The number of carbonyl (C=O) groups is 3. The zero-order chi connectivity index (χ0) is 48.6. The molecule has 0 spiro atoms. The van der Waals surface area contributed by atoms with Gasteiger partial charge in [0.15, 0.2) is 6.10 Å². The minimum Gasteiger partial charge on any atom is -0.462 e. The fraction of sp³-hybridized carbons (Fsp3) is 0.656. The van der Waals surface area contributed by atoms with Crippen molar-refractivity contribution in [1.29, 1.82) is 0 Å². The van der Waals surface area contributed by atoms with E-state index in [1.807, 2.05) is 18.2 Å². The third-order valence-electron chi connectivity index (χ3n) is 11.4. The molecule has 0 amide bonds. The van der Waals surface area contributed by atoms with E-state index >= 15 is 0 Å². The first kappa shape index (κ1) is 63.1. The van der Waals surface area contributed by atoms with Crippen LogP contribution in [0.15, 0.2) is 109 Å². The quantitative estimate of drug-likeness (QED) is 0.0262. The van der Waals surface area contributed by atoms with Crippen molar-refractivity contribution in [3.05, 3.63) is 109 Å². The van der Waals surface area contributed by atoms with Crippen LogP contribution in [0.4, 0.5) is 0 Å². The molecule has 380 valence electrons. The highest BCUT2D eigenvalue weighted by Gasteiger charge is 2.19. The lowest BCUT2D eigenvalue weighted by molar-refractivity contribution is -0.167. The molecule has 0 aliphatic heterocycles. The van der Waals surface area contributed by atoms with Gasteiger partial charge in [-0.15, -0.1) is 0 Å². The number of rotatable bonds is 48. The number of esters is 3.